The van der Waals surface area contributed by atoms with Crippen LogP contribution in [0.1, 0.15) is 45.1 Å². The normalized spacial score (nSPS) is 14.8. The van der Waals surface area contributed by atoms with Crippen molar-refractivity contribution in [2.75, 3.05) is 0 Å². The molecule has 0 spiro atoms. The fraction of sp³-hybridized carbons (Fsp3) is 0.381. The first-order valence-electron chi connectivity index (χ1n) is 9.57. The third kappa shape index (κ3) is 5.21. The van der Waals surface area contributed by atoms with E-state index in [1.54, 1.807) is 0 Å². The van der Waals surface area contributed by atoms with Crippen LogP contribution >= 0.6 is 27.5 Å². The first-order chi connectivity index (χ1) is 13.1. The van der Waals surface area contributed by atoms with Crippen molar-refractivity contribution >= 4 is 58.6 Å². The zero-order valence-electron chi connectivity index (χ0n) is 15.8. The number of fused-ring (bicyclic) bond motifs is 2. The van der Waals surface area contributed by atoms with Crippen molar-refractivity contribution in [3.63, 3.8) is 0 Å². The number of unbranched alkanes of at least 4 members (excludes halogenated alkanes) is 2. The number of benzene rings is 2. The molecule has 1 heterocycles. The maximum absolute atomic E-state index is 6.82. The van der Waals surface area contributed by atoms with Gasteiger partial charge in [-0.2, -0.15) is 0 Å². The van der Waals surface area contributed by atoms with Gasteiger partial charge in [0.1, 0.15) is 0 Å². The third-order valence-electron chi connectivity index (χ3n) is 4.66. The van der Waals surface area contributed by atoms with Gasteiger partial charge in [0, 0.05) is 0 Å². The molecule has 0 unspecified atom stereocenters. The number of hydrogen-bond donors (Lipinski definition) is 0. The van der Waals surface area contributed by atoms with Crippen LogP contribution in [0.4, 0.5) is 5.69 Å². The summed E-state index contributed by atoms with van der Waals surface area (Å²) < 4.78 is 16.5. The van der Waals surface area contributed by atoms with Crippen LogP contribution in [0.5, 0.6) is 11.5 Å². The van der Waals surface area contributed by atoms with E-state index in [1.807, 2.05) is 42.6 Å². The van der Waals surface area contributed by atoms with E-state index in [1.165, 1.54) is 0 Å². The summed E-state index contributed by atoms with van der Waals surface area (Å²) in [4.78, 5) is 4.69. The van der Waals surface area contributed by atoms with E-state index in [9.17, 15) is 0 Å². The summed E-state index contributed by atoms with van der Waals surface area (Å²) in [6, 6.07) is 11.8. The molecule has 0 bridgehead atoms. The van der Waals surface area contributed by atoms with Gasteiger partial charge in [0.15, 0.2) is 0 Å². The molecule has 0 saturated carbocycles. The number of halogens is 2. The van der Waals surface area contributed by atoms with Crippen LogP contribution in [0.3, 0.4) is 0 Å². The molecule has 0 atom stereocenters. The van der Waals surface area contributed by atoms with E-state index < -0.39 is 19.2 Å². The standard InChI is InChI=1S/C13H9BrClNO2.2C4H9.Sn/c14-10-5-9(15)6-11(13(10)18)16-7-8-3-1-2-4-12(8)17;2*1-3-4-2;/h1-7,17-18H;2*1,3-4H2,2H3;/q;;;+2/p-2. The van der Waals surface area contributed by atoms with Gasteiger partial charge in [0.25, 0.3) is 0 Å². The Morgan fingerprint density at radius 3 is 2.44 bits per heavy atom. The van der Waals surface area contributed by atoms with Gasteiger partial charge in [-0.1, -0.05) is 0 Å². The van der Waals surface area contributed by atoms with Gasteiger partial charge >= 0.3 is 181 Å². The van der Waals surface area contributed by atoms with Gasteiger partial charge in [0.2, 0.25) is 0 Å². The second kappa shape index (κ2) is 9.66. The van der Waals surface area contributed by atoms with Gasteiger partial charge in [-0.15, -0.1) is 0 Å². The molecular weight excluding hydrogens is 532 g/mol. The molecule has 0 aliphatic carbocycles. The first-order valence-corrected chi connectivity index (χ1v) is 17.1. The Labute approximate surface area is 180 Å². The first kappa shape index (κ1) is 21.0. The number of aliphatic imine (C=N–C) groups is 1. The molecule has 2 aromatic rings. The van der Waals surface area contributed by atoms with Gasteiger partial charge in [-0.25, -0.2) is 0 Å². The molecule has 27 heavy (non-hydrogen) atoms. The van der Waals surface area contributed by atoms with Crippen molar-refractivity contribution in [1.29, 1.82) is 0 Å². The fourth-order valence-corrected chi connectivity index (χ4v) is 14.9. The molecule has 3 rings (SSSR count). The van der Waals surface area contributed by atoms with Gasteiger partial charge < -0.3 is 0 Å². The molecule has 2 aromatic carbocycles. The Kier molecular flexibility index (Phi) is 7.51. The Morgan fingerprint density at radius 1 is 1.04 bits per heavy atom. The zero-order chi connectivity index (χ0) is 19.3. The number of para-hydroxylation sites is 1. The molecule has 0 N–H and O–H groups in total. The van der Waals surface area contributed by atoms with Crippen LogP contribution in [0.2, 0.25) is 13.9 Å². The molecule has 0 aromatic heterocycles. The second-order valence-corrected chi connectivity index (χ2v) is 17.4. The summed E-state index contributed by atoms with van der Waals surface area (Å²) >= 11 is 6.45. The van der Waals surface area contributed by atoms with Crippen LogP contribution in [0, 0.1) is 0 Å². The monoisotopic (exact) mass is 557 g/mol. The van der Waals surface area contributed by atoms with Crippen molar-refractivity contribution in [2.45, 2.75) is 48.4 Å². The molecule has 1 aliphatic heterocycles. The summed E-state index contributed by atoms with van der Waals surface area (Å²) in [5.74, 6) is 1.66. The van der Waals surface area contributed by atoms with Crippen LogP contribution in [0.25, 0.3) is 0 Å². The van der Waals surface area contributed by atoms with Crippen molar-refractivity contribution in [3.8, 4) is 11.5 Å². The Hall–Kier alpha value is -0.721. The van der Waals surface area contributed by atoms with Crippen LogP contribution < -0.4 is 6.15 Å². The number of rotatable bonds is 6. The molecule has 0 amide bonds. The van der Waals surface area contributed by atoms with Crippen LogP contribution in [-0.4, -0.2) is 25.4 Å². The van der Waals surface area contributed by atoms with Gasteiger partial charge in [-0.05, 0) is 0 Å². The molecule has 3 nitrogen and oxygen atoms in total. The molecule has 144 valence electrons. The van der Waals surface area contributed by atoms with Gasteiger partial charge in [0.05, 0.1) is 0 Å². The average Bonchev–Trinajstić information content (AvgIpc) is 2.72. The van der Waals surface area contributed by atoms with E-state index in [4.69, 9.17) is 17.7 Å². The van der Waals surface area contributed by atoms with E-state index in [0.717, 1.165) is 61.8 Å². The maximum atomic E-state index is 6.82. The Bertz CT molecular complexity index is 820. The third-order valence-corrected chi connectivity index (χ3v) is 15.2. The topological polar surface area (TPSA) is 30.8 Å². The van der Waals surface area contributed by atoms with Crippen LogP contribution in [-0.2, 0) is 0 Å². The van der Waals surface area contributed by atoms with E-state index in [2.05, 4.69) is 34.8 Å². The molecule has 0 radical (unpaired) electrons. The molecule has 6 heteroatoms. The van der Waals surface area contributed by atoms with Crippen LogP contribution in [0.15, 0.2) is 45.9 Å². The summed E-state index contributed by atoms with van der Waals surface area (Å²) in [6.07, 6.45) is 6.34. The molecule has 0 saturated heterocycles. The zero-order valence-corrected chi connectivity index (χ0v) is 21.0. The van der Waals surface area contributed by atoms with Crippen molar-refractivity contribution in [2.24, 2.45) is 4.99 Å². The van der Waals surface area contributed by atoms with Crippen molar-refractivity contribution < 1.29 is 6.15 Å². The van der Waals surface area contributed by atoms with Gasteiger partial charge in [-0.3, -0.25) is 0 Å². The quantitative estimate of drug-likeness (QED) is 0.342. The molecular formula is C21H25BrClNO2Sn. The summed E-state index contributed by atoms with van der Waals surface area (Å²) in [5, 5.41) is 0.637. The summed E-state index contributed by atoms with van der Waals surface area (Å²) in [6.45, 7) is 4.43. The molecule has 1 aliphatic rings. The fourth-order valence-electron chi connectivity index (χ4n) is 3.19. The second-order valence-electron chi connectivity index (χ2n) is 6.85. The predicted molar refractivity (Wildman–Crippen MR) is 119 cm³/mol. The minimum atomic E-state index is -3.47. The Morgan fingerprint density at radius 2 is 1.74 bits per heavy atom. The number of hydrogen-bond acceptors (Lipinski definition) is 3. The van der Waals surface area contributed by atoms with Crippen molar-refractivity contribution in [1.82, 2.24) is 0 Å². The SMILES string of the molecule is CCC[CH2][Sn]1([CH2]CCC)[O]c2ccccc2C=Nc2cc(Cl)cc(Br)c2[O]1. The van der Waals surface area contributed by atoms with Crippen molar-refractivity contribution in [3.05, 3.63) is 51.5 Å². The summed E-state index contributed by atoms with van der Waals surface area (Å²) in [7, 11) is 0. The van der Waals surface area contributed by atoms with E-state index >= 15 is 0 Å². The molecule has 0 fully saturated rings. The van der Waals surface area contributed by atoms with E-state index in [0.29, 0.717) is 5.02 Å². The predicted octanol–water partition coefficient (Wildman–Crippen LogP) is 7.67. The number of nitrogens with zero attached hydrogens (tertiary/aromatic N) is 1. The Balaban J connectivity index is 2.16. The summed E-state index contributed by atoms with van der Waals surface area (Å²) in [5.41, 5.74) is 1.74. The van der Waals surface area contributed by atoms with E-state index in [-0.39, 0.29) is 0 Å². The average molecular weight is 558 g/mol. The minimum absolute atomic E-state index is 0.637.